The molecule has 4 aromatic rings. The number of fused-ring (bicyclic) bond motifs is 1. The molecule has 8 nitrogen and oxygen atoms in total. The number of carbonyl (C=O) groups excluding carboxylic acids is 1. The van der Waals surface area contributed by atoms with Crippen LogP contribution < -0.4 is 0 Å². The molecule has 0 spiro atoms. The van der Waals surface area contributed by atoms with Gasteiger partial charge in [-0.2, -0.15) is 8.42 Å². The Morgan fingerprint density at radius 3 is 2.43 bits per heavy atom. The molecule has 180 valence electrons. The van der Waals surface area contributed by atoms with Crippen LogP contribution in [0.25, 0.3) is 22.1 Å². The van der Waals surface area contributed by atoms with Gasteiger partial charge in [0.05, 0.1) is 10.5 Å². The van der Waals surface area contributed by atoms with E-state index < -0.39 is 15.0 Å². The molecule has 1 aromatic heterocycles. The van der Waals surface area contributed by atoms with Gasteiger partial charge in [0.15, 0.2) is 5.78 Å². The van der Waals surface area contributed by atoms with Crippen LogP contribution in [-0.2, 0) is 16.5 Å². The Kier molecular flexibility index (Phi) is 6.75. The van der Waals surface area contributed by atoms with E-state index in [1.165, 1.54) is 48.5 Å². The number of unbranched alkanes of at least 4 members (excludes halogenated alkanes) is 1. The van der Waals surface area contributed by atoms with Gasteiger partial charge in [-0.3, -0.25) is 19.5 Å². The Morgan fingerprint density at radius 2 is 1.80 bits per heavy atom. The van der Waals surface area contributed by atoms with Crippen LogP contribution in [0.15, 0.2) is 70.0 Å². The molecule has 0 aliphatic rings. The first-order valence-electron chi connectivity index (χ1n) is 10.7. The summed E-state index contributed by atoms with van der Waals surface area (Å²) >= 11 is 6.03. The van der Waals surface area contributed by atoms with E-state index in [2.05, 4.69) is 0 Å². The first-order chi connectivity index (χ1) is 16.6. The molecule has 0 aliphatic carbocycles. The van der Waals surface area contributed by atoms with Crippen LogP contribution in [0.3, 0.4) is 0 Å². The number of carbonyl (C=O) groups is 1. The molecule has 0 saturated heterocycles. The van der Waals surface area contributed by atoms with Gasteiger partial charge in [0, 0.05) is 40.1 Å². The van der Waals surface area contributed by atoms with Crippen molar-refractivity contribution in [1.29, 1.82) is 0 Å². The normalized spacial score (nSPS) is 11.6. The number of ketones is 1. The minimum atomic E-state index is -4.50. The van der Waals surface area contributed by atoms with E-state index >= 15 is 0 Å². The molecule has 4 rings (SSSR count). The monoisotopic (exact) mass is 513 g/mol. The van der Waals surface area contributed by atoms with Gasteiger partial charge in [0.1, 0.15) is 16.2 Å². The predicted octanol–water partition coefficient (Wildman–Crippen LogP) is 6.48. The third-order valence-corrected chi connectivity index (χ3v) is 6.76. The lowest BCUT2D eigenvalue weighted by molar-refractivity contribution is -0.384. The van der Waals surface area contributed by atoms with Crippen molar-refractivity contribution in [3.63, 3.8) is 0 Å². The predicted molar refractivity (Wildman–Crippen MR) is 132 cm³/mol. The smallest absolute Gasteiger partial charge is 0.295 e. The second-order valence-corrected chi connectivity index (χ2v) is 9.79. The number of benzene rings is 3. The second-order valence-electron chi connectivity index (χ2n) is 7.96. The summed E-state index contributed by atoms with van der Waals surface area (Å²) in [4.78, 5) is 24.0. The van der Waals surface area contributed by atoms with Crippen molar-refractivity contribution in [2.45, 2.75) is 31.1 Å². The third-order valence-electron chi connectivity index (χ3n) is 5.62. The van der Waals surface area contributed by atoms with E-state index in [1.54, 1.807) is 12.1 Å². The lowest BCUT2D eigenvalue weighted by Crippen LogP contribution is -2.05. The highest BCUT2D eigenvalue weighted by Gasteiger charge is 2.24. The van der Waals surface area contributed by atoms with Gasteiger partial charge in [0.25, 0.3) is 15.8 Å². The highest BCUT2D eigenvalue weighted by molar-refractivity contribution is 7.86. The number of hydrogen-bond acceptors (Lipinski definition) is 6. The summed E-state index contributed by atoms with van der Waals surface area (Å²) < 4.78 is 39.0. The first-order valence-corrected chi connectivity index (χ1v) is 12.5. The number of aryl methyl sites for hydroxylation is 1. The van der Waals surface area contributed by atoms with Gasteiger partial charge < -0.3 is 4.42 Å². The molecule has 0 fully saturated rings. The molecule has 0 amide bonds. The number of hydrogen-bond donors (Lipinski definition) is 1. The Hall–Kier alpha value is -3.53. The Bertz CT molecular complexity index is 1560. The minimum absolute atomic E-state index is 0.150. The number of non-ortho nitro benzene ring substituents is 1. The maximum absolute atomic E-state index is 13.5. The zero-order valence-electron chi connectivity index (χ0n) is 18.5. The fourth-order valence-electron chi connectivity index (χ4n) is 3.91. The minimum Gasteiger partial charge on any atom is -0.460 e. The molecule has 0 bridgehead atoms. The molecule has 0 unspecified atom stereocenters. The summed E-state index contributed by atoms with van der Waals surface area (Å²) in [6.07, 6.45) is 2.14. The molecule has 35 heavy (non-hydrogen) atoms. The molecule has 0 radical (unpaired) electrons. The van der Waals surface area contributed by atoms with E-state index in [9.17, 15) is 27.9 Å². The third kappa shape index (κ3) is 4.97. The van der Waals surface area contributed by atoms with E-state index in [4.69, 9.17) is 16.0 Å². The van der Waals surface area contributed by atoms with Crippen molar-refractivity contribution in [1.82, 2.24) is 0 Å². The Labute approximate surface area is 206 Å². The van der Waals surface area contributed by atoms with Crippen molar-refractivity contribution in [2.24, 2.45) is 0 Å². The number of furan rings is 1. The molecule has 0 aliphatic heterocycles. The number of nitro benzene ring substituents is 1. The van der Waals surface area contributed by atoms with Crippen molar-refractivity contribution in [3.05, 3.63) is 92.7 Å². The van der Waals surface area contributed by atoms with Crippen LogP contribution in [0.5, 0.6) is 0 Å². The highest BCUT2D eigenvalue weighted by atomic mass is 35.5. The standard InChI is InChI=1S/C25H20ClNO7S/c1-2-3-4-22-24(20-14-18(27(29)30)10-11-21(20)34-22)25(28)16-7-5-15(6-8-16)19-13-17(26)9-12-23(19)35(31,32)33/h5-14H,2-4H2,1H3,(H,31,32,33). The average Bonchev–Trinajstić information content (AvgIpc) is 3.19. The number of nitro groups is 1. The average molecular weight is 514 g/mol. The maximum Gasteiger partial charge on any atom is 0.295 e. The number of nitrogens with zero attached hydrogens (tertiary/aromatic N) is 1. The SMILES string of the molecule is CCCCc1oc2ccc([N+](=O)[O-])cc2c1C(=O)c1ccc(-c2cc(Cl)ccc2S(=O)(=O)O)cc1. The molecular weight excluding hydrogens is 494 g/mol. The first kappa shape index (κ1) is 24.6. The van der Waals surface area contributed by atoms with Gasteiger partial charge >= 0.3 is 0 Å². The summed E-state index contributed by atoms with van der Waals surface area (Å²) in [6.45, 7) is 2.00. The van der Waals surface area contributed by atoms with Crippen molar-refractivity contribution in [3.8, 4) is 11.1 Å². The van der Waals surface area contributed by atoms with Crippen LogP contribution in [0.1, 0.15) is 41.4 Å². The fraction of sp³-hybridized carbons (Fsp3) is 0.160. The van der Waals surface area contributed by atoms with Gasteiger partial charge in [-0.1, -0.05) is 49.2 Å². The van der Waals surface area contributed by atoms with E-state index in [0.29, 0.717) is 28.7 Å². The number of halogens is 1. The molecule has 3 aromatic carbocycles. The lowest BCUT2D eigenvalue weighted by Gasteiger charge is -2.09. The summed E-state index contributed by atoms with van der Waals surface area (Å²) in [5, 5.41) is 11.9. The Morgan fingerprint density at radius 1 is 1.09 bits per heavy atom. The molecule has 1 heterocycles. The summed E-state index contributed by atoms with van der Waals surface area (Å²) in [5.41, 5.74) is 1.41. The van der Waals surface area contributed by atoms with Crippen molar-refractivity contribution in [2.75, 3.05) is 0 Å². The molecule has 0 saturated carbocycles. The molecule has 1 N–H and O–H groups in total. The van der Waals surface area contributed by atoms with Crippen LogP contribution in [0.4, 0.5) is 5.69 Å². The van der Waals surface area contributed by atoms with Gasteiger partial charge in [-0.05, 0) is 36.2 Å². The zero-order valence-corrected chi connectivity index (χ0v) is 20.1. The fourth-order valence-corrected chi connectivity index (χ4v) is 4.78. The maximum atomic E-state index is 13.5. The van der Waals surface area contributed by atoms with E-state index in [-0.39, 0.29) is 38.1 Å². The summed E-state index contributed by atoms with van der Waals surface area (Å²) in [6, 6.07) is 14.2. The van der Waals surface area contributed by atoms with Crippen LogP contribution >= 0.6 is 11.6 Å². The van der Waals surface area contributed by atoms with Crippen LogP contribution in [-0.4, -0.2) is 23.7 Å². The number of rotatable bonds is 8. The van der Waals surface area contributed by atoms with E-state index in [0.717, 1.165) is 12.8 Å². The second kappa shape index (κ2) is 9.61. The van der Waals surface area contributed by atoms with Gasteiger partial charge in [-0.25, -0.2) is 0 Å². The topological polar surface area (TPSA) is 128 Å². The highest BCUT2D eigenvalue weighted by Crippen LogP contribution is 2.34. The summed E-state index contributed by atoms with van der Waals surface area (Å²) in [7, 11) is -4.50. The lowest BCUT2D eigenvalue weighted by atomic mass is 9.96. The quantitative estimate of drug-likeness (QED) is 0.123. The van der Waals surface area contributed by atoms with Gasteiger partial charge in [0.2, 0.25) is 0 Å². The Balaban J connectivity index is 1.80. The summed E-state index contributed by atoms with van der Waals surface area (Å²) in [5.74, 6) is 0.0860. The van der Waals surface area contributed by atoms with Gasteiger partial charge in [-0.15, -0.1) is 0 Å². The van der Waals surface area contributed by atoms with Crippen LogP contribution in [0.2, 0.25) is 5.02 Å². The van der Waals surface area contributed by atoms with Crippen LogP contribution in [0, 0.1) is 10.1 Å². The van der Waals surface area contributed by atoms with E-state index in [1.807, 2.05) is 6.92 Å². The van der Waals surface area contributed by atoms with Crippen molar-refractivity contribution >= 4 is 44.2 Å². The zero-order chi connectivity index (χ0) is 25.3. The molecule has 10 heteroatoms. The van der Waals surface area contributed by atoms with Crippen molar-refractivity contribution < 1.29 is 27.1 Å². The molecule has 0 atom stereocenters. The molecular formula is C25H20ClNO7S. The largest absolute Gasteiger partial charge is 0.460 e.